The van der Waals surface area contributed by atoms with Crippen molar-refractivity contribution in [2.24, 2.45) is 5.92 Å². The summed E-state index contributed by atoms with van der Waals surface area (Å²) in [7, 11) is 3.26. The van der Waals surface area contributed by atoms with Crippen molar-refractivity contribution in [3.63, 3.8) is 0 Å². The molecule has 1 aromatic carbocycles. The van der Waals surface area contributed by atoms with Gasteiger partial charge in [0.25, 0.3) is 0 Å². The molecule has 1 aliphatic rings. The number of methoxy groups -OCH3 is 2. The van der Waals surface area contributed by atoms with E-state index in [0.717, 1.165) is 24.2 Å². The van der Waals surface area contributed by atoms with Gasteiger partial charge in [-0.3, -0.25) is 14.7 Å². The molecule has 1 N–H and O–H groups in total. The Balaban J connectivity index is 2.10. The molecule has 6 heteroatoms. The smallest absolute Gasteiger partial charge is 0.307 e. The molecule has 0 radical (unpaired) electrons. The number of carboxylic acids is 1. The van der Waals surface area contributed by atoms with Crippen molar-refractivity contribution in [3.8, 4) is 11.5 Å². The molecule has 26 heavy (non-hydrogen) atoms. The minimum absolute atomic E-state index is 0.232. The highest BCUT2D eigenvalue weighted by Gasteiger charge is 2.34. The largest absolute Gasteiger partial charge is 0.496 e. The topological polar surface area (TPSA) is 71.9 Å². The molecule has 1 aliphatic heterocycles. The van der Waals surface area contributed by atoms with Gasteiger partial charge in [-0.25, -0.2) is 0 Å². The van der Waals surface area contributed by atoms with Crippen LogP contribution >= 0.6 is 0 Å². The molecule has 2 unspecified atom stereocenters. The van der Waals surface area contributed by atoms with Gasteiger partial charge in [0.1, 0.15) is 11.5 Å². The van der Waals surface area contributed by atoms with Gasteiger partial charge in [-0.2, -0.15) is 0 Å². The number of aromatic nitrogens is 1. The first-order chi connectivity index (χ1) is 12.7. The Morgan fingerprint density at radius 3 is 2.50 bits per heavy atom. The molecule has 0 aliphatic carbocycles. The minimum Gasteiger partial charge on any atom is -0.496 e. The number of hydrogen-bond acceptors (Lipinski definition) is 5. The lowest BCUT2D eigenvalue weighted by Gasteiger charge is -2.37. The van der Waals surface area contributed by atoms with Crippen molar-refractivity contribution in [2.75, 3.05) is 27.3 Å². The molecule has 0 spiro atoms. The lowest BCUT2D eigenvalue weighted by molar-refractivity contribution is -0.143. The molecular formula is C20H24N2O4. The number of benzene rings is 1. The molecule has 0 saturated carbocycles. The average Bonchev–Trinajstić information content (AvgIpc) is 2.69. The number of aliphatic carboxylic acids is 1. The van der Waals surface area contributed by atoms with E-state index in [1.54, 1.807) is 20.4 Å². The molecule has 138 valence electrons. The number of hydrogen-bond donors (Lipinski definition) is 1. The van der Waals surface area contributed by atoms with Crippen molar-refractivity contribution in [1.29, 1.82) is 0 Å². The van der Waals surface area contributed by atoms with Crippen molar-refractivity contribution < 1.29 is 19.4 Å². The van der Waals surface area contributed by atoms with Crippen LogP contribution in [0.5, 0.6) is 11.5 Å². The predicted octanol–water partition coefficient (Wildman–Crippen LogP) is 2.98. The second-order valence-corrected chi connectivity index (χ2v) is 6.41. The van der Waals surface area contributed by atoms with Gasteiger partial charge in [-0.15, -0.1) is 0 Å². The molecule has 1 fully saturated rings. The minimum atomic E-state index is -0.749. The Labute approximate surface area is 153 Å². The third-order valence-electron chi connectivity index (χ3n) is 4.87. The van der Waals surface area contributed by atoms with Crippen molar-refractivity contribution >= 4 is 5.97 Å². The van der Waals surface area contributed by atoms with Gasteiger partial charge in [-0.1, -0.05) is 12.1 Å². The first-order valence-corrected chi connectivity index (χ1v) is 8.74. The van der Waals surface area contributed by atoms with Gasteiger partial charge in [0.05, 0.1) is 37.4 Å². The summed E-state index contributed by atoms with van der Waals surface area (Å²) in [5.74, 6) is 0.284. The number of likely N-dealkylation sites (tertiary alicyclic amines) is 1. The van der Waals surface area contributed by atoms with E-state index in [0.29, 0.717) is 24.5 Å². The highest BCUT2D eigenvalue weighted by Crippen LogP contribution is 2.41. The van der Waals surface area contributed by atoms with Crippen LogP contribution in [0.1, 0.15) is 30.1 Å². The first kappa shape index (κ1) is 18.2. The fraction of sp³-hybridized carbons (Fsp3) is 0.400. The highest BCUT2D eigenvalue weighted by molar-refractivity contribution is 5.70. The lowest BCUT2D eigenvalue weighted by atomic mass is 9.92. The van der Waals surface area contributed by atoms with Crippen LogP contribution in [0, 0.1) is 5.92 Å². The second-order valence-electron chi connectivity index (χ2n) is 6.41. The summed E-state index contributed by atoms with van der Waals surface area (Å²) in [6.07, 6.45) is 3.28. The zero-order valence-corrected chi connectivity index (χ0v) is 15.1. The maximum Gasteiger partial charge on any atom is 0.307 e. The van der Waals surface area contributed by atoms with Gasteiger partial charge in [0.15, 0.2) is 0 Å². The third kappa shape index (κ3) is 3.65. The zero-order chi connectivity index (χ0) is 18.5. The molecule has 0 amide bonds. The van der Waals surface area contributed by atoms with Crippen LogP contribution < -0.4 is 9.47 Å². The van der Waals surface area contributed by atoms with Crippen LogP contribution in [0.25, 0.3) is 0 Å². The zero-order valence-electron chi connectivity index (χ0n) is 15.1. The quantitative estimate of drug-likeness (QED) is 0.858. The summed E-state index contributed by atoms with van der Waals surface area (Å²) in [4.78, 5) is 18.3. The molecular weight excluding hydrogens is 332 g/mol. The van der Waals surface area contributed by atoms with Gasteiger partial charge in [0.2, 0.25) is 0 Å². The number of nitrogens with zero attached hydrogens (tertiary/aromatic N) is 2. The van der Waals surface area contributed by atoms with Crippen molar-refractivity contribution in [3.05, 3.63) is 53.9 Å². The predicted molar refractivity (Wildman–Crippen MR) is 97.6 cm³/mol. The average molecular weight is 356 g/mol. The van der Waals surface area contributed by atoms with E-state index in [1.165, 1.54) is 0 Å². The van der Waals surface area contributed by atoms with E-state index < -0.39 is 5.97 Å². The molecule has 1 aromatic heterocycles. The molecule has 2 atom stereocenters. The molecule has 2 heterocycles. The van der Waals surface area contributed by atoms with Gasteiger partial charge in [-0.05, 0) is 43.7 Å². The number of ether oxygens (including phenoxy) is 2. The number of carbonyl (C=O) groups is 1. The standard InChI is InChI=1S/C20H24N2O4/c1-25-16-9-5-10-17(26-2)18(16)19(15-8-3-4-11-21-15)22-12-6-7-14(13-22)20(23)24/h3-5,8-11,14,19H,6-7,12-13H2,1-2H3,(H,23,24). The van der Waals surface area contributed by atoms with Crippen molar-refractivity contribution in [2.45, 2.75) is 18.9 Å². The Morgan fingerprint density at radius 1 is 1.19 bits per heavy atom. The maximum atomic E-state index is 11.6. The van der Waals surface area contributed by atoms with E-state index in [-0.39, 0.29) is 12.0 Å². The summed E-state index contributed by atoms with van der Waals surface area (Å²) >= 11 is 0. The van der Waals surface area contributed by atoms with E-state index in [9.17, 15) is 9.90 Å². The summed E-state index contributed by atoms with van der Waals surface area (Å²) in [5, 5.41) is 9.49. The Kier molecular flexibility index (Phi) is 5.73. The van der Waals surface area contributed by atoms with Crippen LogP contribution in [-0.4, -0.2) is 48.3 Å². The molecule has 1 saturated heterocycles. The van der Waals surface area contributed by atoms with E-state index in [1.807, 2.05) is 36.4 Å². The normalized spacial score (nSPS) is 18.9. The SMILES string of the molecule is COc1cccc(OC)c1C(c1ccccn1)N1CCCC(C(=O)O)C1. The van der Waals surface area contributed by atoms with Crippen LogP contribution in [0.3, 0.4) is 0 Å². The van der Waals surface area contributed by atoms with Gasteiger partial charge in [0, 0.05) is 12.7 Å². The number of rotatable bonds is 6. The molecule has 6 nitrogen and oxygen atoms in total. The highest BCUT2D eigenvalue weighted by atomic mass is 16.5. The van der Waals surface area contributed by atoms with E-state index in [4.69, 9.17) is 9.47 Å². The Hall–Kier alpha value is -2.60. The fourth-order valence-corrected chi connectivity index (χ4v) is 3.65. The first-order valence-electron chi connectivity index (χ1n) is 8.74. The van der Waals surface area contributed by atoms with Crippen LogP contribution in [0.2, 0.25) is 0 Å². The fourth-order valence-electron chi connectivity index (χ4n) is 3.65. The Bertz CT molecular complexity index is 728. The Morgan fingerprint density at radius 2 is 1.92 bits per heavy atom. The summed E-state index contributed by atoms with van der Waals surface area (Å²) in [5.41, 5.74) is 1.73. The van der Waals surface area contributed by atoms with Crippen LogP contribution in [0.15, 0.2) is 42.6 Å². The van der Waals surface area contributed by atoms with Gasteiger partial charge < -0.3 is 14.6 Å². The van der Waals surface area contributed by atoms with Gasteiger partial charge >= 0.3 is 5.97 Å². The summed E-state index contributed by atoms with van der Waals surface area (Å²) in [6.45, 7) is 1.27. The van der Waals surface area contributed by atoms with Crippen molar-refractivity contribution in [1.82, 2.24) is 9.88 Å². The molecule has 2 aromatic rings. The van der Waals surface area contributed by atoms with E-state index in [2.05, 4.69) is 9.88 Å². The van der Waals surface area contributed by atoms with Crippen LogP contribution in [-0.2, 0) is 4.79 Å². The monoisotopic (exact) mass is 356 g/mol. The number of pyridine rings is 1. The maximum absolute atomic E-state index is 11.6. The summed E-state index contributed by atoms with van der Waals surface area (Å²) < 4.78 is 11.2. The number of piperidine rings is 1. The second kappa shape index (κ2) is 8.19. The summed E-state index contributed by atoms with van der Waals surface area (Å²) in [6, 6.07) is 11.2. The lowest BCUT2D eigenvalue weighted by Crippen LogP contribution is -2.41. The molecule has 3 rings (SSSR count). The number of carboxylic acid groups (broad SMARTS) is 1. The van der Waals surface area contributed by atoms with Crippen LogP contribution in [0.4, 0.5) is 0 Å². The third-order valence-corrected chi connectivity index (χ3v) is 4.87. The molecule has 0 bridgehead atoms. The van der Waals surface area contributed by atoms with E-state index >= 15 is 0 Å².